The highest BCUT2D eigenvalue weighted by molar-refractivity contribution is 9.10. The Balaban J connectivity index is 2.05. The van der Waals surface area contributed by atoms with E-state index < -0.39 is 5.97 Å². The molecule has 140 valence electrons. The molecular formula is C20H24BrNO3S. The van der Waals surface area contributed by atoms with E-state index in [0.717, 1.165) is 35.2 Å². The first-order valence-corrected chi connectivity index (χ1v) is 10.6. The van der Waals surface area contributed by atoms with E-state index >= 15 is 0 Å². The largest absolute Gasteiger partial charge is 0.494 e. The van der Waals surface area contributed by atoms with Crippen molar-refractivity contribution < 1.29 is 14.6 Å². The summed E-state index contributed by atoms with van der Waals surface area (Å²) in [5.74, 6) is -0.144. The number of thiophene rings is 1. The molecule has 0 radical (unpaired) electrons. The maximum absolute atomic E-state index is 11.6. The van der Waals surface area contributed by atoms with Crippen molar-refractivity contribution in [2.24, 2.45) is 5.92 Å². The number of benzene rings is 1. The minimum absolute atomic E-state index is 0.00917. The van der Waals surface area contributed by atoms with Gasteiger partial charge in [-0.1, -0.05) is 15.9 Å². The number of aryl methyl sites for hydroxylation is 1. The van der Waals surface area contributed by atoms with Crippen molar-refractivity contribution >= 4 is 33.2 Å². The summed E-state index contributed by atoms with van der Waals surface area (Å²) in [4.78, 5) is 15.1. The van der Waals surface area contributed by atoms with Gasteiger partial charge in [-0.3, -0.25) is 9.69 Å². The van der Waals surface area contributed by atoms with Crippen molar-refractivity contribution in [3.63, 3.8) is 0 Å². The second-order valence-electron chi connectivity index (χ2n) is 6.72. The molecule has 0 amide bonds. The number of nitrogens with zero attached hydrogens (tertiary/aromatic N) is 1. The number of rotatable bonds is 6. The van der Waals surface area contributed by atoms with Crippen LogP contribution in [0.1, 0.15) is 41.8 Å². The molecule has 1 saturated heterocycles. The van der Waals surface area contributed by atoms with E-state index in [-0.39, 0.29) is 12.0 Å². The quantitative estimate of drug-likeness (QED) is 0.682. The number of piperidine rings is 1. The van der Waals surface area contributed by atoms with Gasteiger partial charge in [0.2, 0.25) is 0 Å². The van der Waals surface area contributed by atoms with E-state index in [9.17, 15) is 9.90 Å². The van der Waals surface area contributed by atoms with Crippen molar-refractivity contribution in [1.82, 2.24) is 4.90 Å². The Labute approximate surface area is 166 Å². The summed E-state index contributed by atoms with van der Waals surface area (Å²) in [6, 6.07) is 8.30. The van der Waals surface area contributed by atoms with Crippen LogP contribution in [0.15, 0.2) is 34.1 Å². The molecule has 1 aromatic heterocycles. The average Bonchev–Trinajstić information content (AvgIpc) is 3.04. The Kier molecular flexibility index (Phi) is 6.37. The first-order valence-electron chi connectivity index (χ1n) is 8.93. The first kappa shape index (κ1) is 19.4. The number of ether oxygens (including phenoxy) is 1. The second-order valence-corrected chi connectivity index (χ2v) is 8.57. The highest BCUT2D eigenvalue weighted by Crippen LogP contribution is 2.40. The van der Waals surface area contributed by atoms with Crippen molar-refractivity contribution in [2.45, 2.75) is 32.7 Å². The molecule has 2 aromatic rings. The van der Waals surface area contributed by atoms with Crippen LogP contribution in [-0.2, 0) is 4.79 Å². The van der Waals surface area contributed by atoms with Gasteiger partial charge >= 0.3 is 5.97 Å². The third-order valence-electron chi connectivity index (χ3n) is 4.75. The molecule has 3 rings (SSSR count). The molecule has 1 aliphatic heterocycles. The Morgan fingerprint density at radius 1 is 1.46 bits per heavy atom. The molecule has 0 bridgehead atoms. The van der Waals surface area contributed by atoms with Crippen LogP contribution in [0.5, 0.6) is 5.75 Å². The van der Waals surface area contributed by atoms with Gasteiger partial charge in [0.15, 0.2) is 0 Å². The highest BCUT2D eigenvalue weighted by Gasteiger charge is 2.33. The predicted octanol–water partition coefficient (Wildman–Crippen LogP) is 5.10. The van der Waals surface area contributed by atoms with Crippen molar-refractivity contribution in [2.75, 3.05) is 19.7 Å². The third-order valence-corrected chi connectivity index (χ3v) is 6.35. The summed E-state index contributed by atoms with van der Waals surface area (Å²) in [6.45, 7) is 6.14. The Morgan fingerprint density at radius 3 is 2.92 bits per heavy atom. The van der Waals surface area contributed by atoms with Crippen molar-refractivity contribution in [1.29, 1.82) is 0 Å². The highest BCUT2D eigenvalue weighted by atomic mass is 79.9. The fourth-order valence-corrected chi connectivity index (χ4v) is 5.02. The minimum Gasteiger partial charge on any atom is -0.494 e. The molecule has 0 saturated carbocycles. The van der Waals surface area contributed by atoms with Crippen LogP contribution < -0.4 is 4.74 Å². The maximum atomic E-state index is 11.6. The summed E-state index contributed by atoms with van der Waals surface area (Å²) < 4.78 is 6.91. The fraction of sp³-hybridized carbons (Fsp3) is 0.450. The van der Waals surface area contributed by atoms with Gasteiger partial charge in [0.25, 0.3) is 0 Å². The van der Waals surface area contributed by atoms with Crippen molar-refractivity contribution in [3.8, 4) is 5.75 Å². The van der Waals surface area contributed by atoms with Crippen LogP contribution in [0.3, 0.4) is 0 Å². The van der Waals surface area contributed by atoms with Gasteiger partial charge in [0, 0.05) is 21.5 Å². The molecule has 0 spiro atoms. The van der Waals surface area contributed by atoms with E-state index in [1.54, 1.807) is 11.3 Å². The van der Waals surface area contributed by atoms with E-state index in [2.05, 4.69) is 45.3 Å². The van der Waals surface area contributed by atoms with Gasteiger partial charge in [-0.2, -0.15) is 0 Å². The molecule has 1 N–H and O–H groups in total. The van der Waals surface area contributed by atoms with Crippen molar-refractivity contribution in [3.05, 3.63) is 50.1 Å². The lowest BCUT2D eigenvalue weighted by molar-refractivity contribution is -0.143. The maximum Gasteiger partial charge on any atom is 0.307 e. The summed E-state index contributed by atoms with van der Waals surface area (Å²) in [5, 5.41) is 11.7. The van der Waals surface area contributed by atoms with Gasteiger partial charge < -0.3 is 9.84 Å². The van der Waals surface area contributed by atoms with Gasteiger partial charge in [0.05, 0.1) is 18.6 Å². The predicted molar refractivity (Wildman–Crippen MR) is 108 cm³/mol. The zero-order chi connectivity index (χ0) is 18.7. The van der Waals surface area contributed by atoms with Crippen LogP contribution in [-0.4, -0.2) is 35.7 Å². The van der Waals surface area contributed by atoms with Crippen LogP contribution in [0.4, 0.5) is 0 Å². The minimum atomic E-state index is -0.699. The number of hydrogen-bond donors (Lipinski definition) is 1. The fourth-order valence-electron chi connectivity index (χ4n) is 3.59. The summed E-state index contributed by atoms with van der Waals surface area (Å²) >= 11 is 5.32. The Bertz CT molecular complexity index is 776. The average molecular weight is 438 g/mol. The summed E-state index contributed by atoms with van der Waals surface area (Å²) in [7, 11) is 0. The molecule has 1 aromatic carbocycles. The molecular weight excluding hydrogens is 414 g/mol. The van der Waals surface area contributed by atoms with Gasteiger partial charge in [-0.05, 0) is 68.4 Å². The summed E-state index contributed by atoms with van der Waals surface area (Å²) in [5.41, 5.74) is 2.32. The number of carboxylic acid groups (broad SMARTS) is 1. The van der Waals surface area contributed by atoms with E-state index in [4.69, 9.17) is 4.74 Å². The smallest absolute Gasteiger partial charge is 0.307 e. The molecule has 2 atom stereocenters. The first-order chi connectivity index (χ1) is 12.5. The van der Waals surface area contributed by atoms with Gasteiger partial charge in [-0.15, -0.1) is 11.3 Å². The van der Waals surface area contributed by atoms with Crippen LogP contribution in [0.2, 0.25) is 0 Å². The van der Waals surface area contributed by atoms with E-state index in [1.165, 1.54) is 10.4 Å². The Morgan fingerprint density at radius 2 is 2.27 bits per heavy atom. The molecule has 6 heteroatoms. The zero-order valence-corrected chi connectivity index (χ0v) is 17.5. The number of likely N-dealkylation sites (tertiary alicyclic amines) is 1. The lowest BCUT2D eigenvalue weighted by Crippen LogP contribution is -2.41. The lowest BCUT2D eigenvalue weighted by Gasteiger charge is -2.37. The number of hydrogen-bond acceptors (Lipinski definition) is 4. The number of carboxylic acids is 1. The third kappa shape index (κ3) is 4.30. The monoisotopic (exact) mass is 437 g/mol. The number of aliphatic carboxylic acids is 1. The van der Waals surface area contributed by atoms with Gasteiger partial charge in [-0.25, -0.2) is 0 Å². The summed E-state index contributed by atoms with van der Waals surface area (Å²) in [6.07, 6.45) is 1.65. The van der Waals surface area contributed by atoms with E-state index in [0.29, 0.717) is 13.2 Å². The number of halogens is 1. The standard InChI is InChI=1S/C20H24BrNO3S/c1-3-25-17-7-6-15(21)10-16(17)19(18-9-13(2)12-26-18)22-8-4-5-14(11-22)20(23)24/h6-7,9-10,12,14,19H,3-5,8,11H2,1-2H3,(H,23,24). The zero-order valence-electron chi connectivity index (χ0n) is 15.1. The van der Waals surface area contributed by atoms with Crippen LogP contribution in [0, 0.1) is 12.8 Å². The molecule has 1 aliphatic rings. The molecule has 4 nitrogen and oxygen atoms in total. The van der Waals surface area contributed by atoms with Gasteiger partial charge in [0.1, 0.15) is 5.75 Å². The number of carbonyl (C=O) groups is 1. The lowest BCUT2D eigenvalue weighted by atomic mass is 9.93. The van der Waals surface area contributed by atoms with Crippen LogP contribution in [0.25, 0.3) is 0 Å². The molecule has 26 heavy (non-hydrogen) atoms. The molecule has 0 aliphatic carbocycles. The normalized spacial score (nSPS) is 19.3. The molecule has 1 fully saturated rings. The van der Waals surface area contributed by atoms with E-state index in [1.807, 2.05) is 19.1 Å². The second kappa shape index (κ2) is 8.55. The molecule has 2 unspecified atom stereocenters. The molecule has 2 heterocycles. The van der Waals surface area contributed by atoms with Crippen LogP contribution >= 0.6 is 27.3 Å². The Hall–Kier alpha value is -1.37. The SMILES string of the molecule is CCOc1ccc(Br)cc1C(c1cc(C)cs1)N1CCCC(C(=O)O)C1. The topological polar surface area (TPSA) is 49.8 Å².